The standard InChI is InChI=1S/C16H22N2O4/c1-10-6-11(2)15(12(3)7-10)16(21)22-9-13(19)17-8-14(20)18(4)5/h6-7H,8-9H2,1-5H3,(H,17,19). The summed E-state index contributed by atoms with van der Waals surface area (Å²) in [6, 6.07) is 3.78. The third-order valence-electron chi connectivity index (χ3n) is 3.15. The van der Waals surface area contributed by atoms with E-state index < -0.39 is 18.5 Å². The van der Waals surface area contributed by atoms with Gasteiger partial charge in [0.15, 0.2) is 6.61 Å². The van der Waals surface area contributed by atoms with Crippen LogP contribution in [0.25, 0.3) is 0 Å². The van der Waals surface area contributed by atoms with Gasteiger partial charge < -0.3 is 15.0 Å². The average Bonchev–Trinajstić information content (AvgIpc) is 2.41. The molecule has 0 heterocycles. The van der Waals surface area contributed by atoms with E-state index in [1.807, 2.05) is 32.9 Å². The molecule has 22 heavy (non-hydrogen) atoms. The number of ether oxygens (including phenoxy) is 1. The number of likely N-dealkylation sites (N-methyl/N-ethyl adjacent to an activating group) is 1. The number of amides is 2. The van der Waals surface area contributed by atoms with Gasteiger partial charge >= 0.3 is 5.97 Å². The van der Waals surface area contributed by atoms with Crippen LogP contribution >= 0.6 is 0 Å². The maximum atomic E-state index is 12.1. The topological polar surface area (TPSA) is 75.7 Å². The predicted octanol–water partition coefficient (Wildman–Crippen LogP) is 0.973. The first-order valence-corrected chi connectivity index (χ1v) is 6.94. The van der Waals surface area contributed by atoms with Crippen LogP contribution in [0.15, 0.2) is 12.1 Å². The smallest absolute Gasteiger partial charge is 0.339 e. The summed E-state index contributed by atoms with van der Waals surface area (Å²) in [7, 11) is 3.19. The lowest BCUT2D eigenvalue weighted by molar-refractivity contribution is -0.131. The summed E-state index contributed by atoms with van der Waals surface area (Å²) in [4.78, 5) is 36.3. The number of hydrogen-bond donors (Lipinski definition) is 1. The van der Waals surface area contributed by atoms with Gasteiger partial charge in [0.05, 0.1) is 12.1 Å². The molecule has 0 atom stereocenters. The van der Waals surface area contributed by atoms with E-state index in [9.17, 15) is 14.4 Å². The zero-order valence-corrected chi connectivity index (χ0v) is 13.6. The van der Waals surface area contributed by atoms with Gasteiger partial charge in [-0.1, -0.05) is 17.7 Å². The van der Waals surface area contributed by atoms with Crippen LogP contribution in [-0.2, 0) is 14.3 Å². The minimum atomic E-state index is -0.538. The Hall–Kier alpha value is -2.37. The first-order valence-electron chi connectivity index (χ1n) is 6.94. The lowest BCUT2D eigenvalue weighted by atomic mass is 10.00. The Kier molecular flexibility index (Phi) is 6.10. The molecule has 1 rings (SSSR count). The van der Waals surface area contributed by atoms with E-state index in [4.69, 9.17) is 4.74 Å². The van der Waals surface area contributed by atoms with Crippen molar-refractivity contribution < 1.29 is 19.1 Å². The van der Waals surface area contributed by atoms with E-state index in [2.05, 4.69) is 5.32 Å². The summed E-state index contributed by atoms with van der Waals surface area (Å²) < 4.78 is 5.01. The lowest BCUT2D eigenvalue weighted by Crippen LogP contribution is -2.38. The Labute approximate surface area is 130 Å². The van der Waals surface area contributed by atoms with Crippen molar-refractivity contribution in [1.82, 2.24) is 10.2 Å². The monoisotopic (exact) mass is 306 g/mol. The fourth-order valence-corrected chi connectivity index (χ4v) is 2.09. The van der Waals surface area contributed by atoms with Crippen LogP contribution in [0.1, 0.15) is 27.0 Å². The van der Waals surface area contributed by atoms with Crippen LogP contribution in [0.2, 0.25) is 0 Å². The van der Waals surface area contributed by atoms with Gasteiger partial charge in [0.2, 0.25) is 5.91 Å². The van der Waals surface area contributed by atoms with Gasteiger partial charge in [-0.05, 0) is 31.9 Å². The molecule has 1 aromatic rings. The molecule has 0 saturated carbocycles. The Bertz CT molecular complexity index is 571. The molecule has 0 aliphatic carbocycles. The molecule has 6 heteroatoms. The van der Waals surface area contributed by atoms with Crippen LogP contribution < -0.4 is 5.32 Å². The van der Waals surface area contributed by atoms with Crippen LogP contribution in [0.4, 0.5) is 0 Å². The van der Waals surface area contributed by atoms with E-state index in [0.29, 0.717) is 5.56 Å². The fourth-order valence-electron chi connectivity index (χ4n) is 2.09. The highest BCUT2D eigenvalue weighted by Crippen LogP contribution is 2.17. The van der Waals surface area contributed by atoms with Gasteiger partial charge in [0.1, 0.15) is 0 Å². The minimum Gasteiger partial charge on any atom is -0.452 e. The molecule has 1 aromatic carbocycles. The number of carbonyl (C=O) groups excluding carboxylic acids is 3. The molecule has 0 fully saturated rings. The second-order valence-corrected chi connectivity index (χ2v) is 5.41. The quantitative estimate of drug-likeness (QED) is 0.823. The summed E-state index contributed by atoms with van der Waals surface area (Å²) >= 11 is 0. The van der Waals surface area contributed by atoms with Crippen molar-refractivity contribution in [2.75, 3.05) is 27.2 Å². The summed E-state index contributed by atoms with van der Waals surface area (Å²) in [5, 5.41) is 2.40. The summed E-state index contributed by atoms with van der Waals surface area (Å²) in [5.74, 6) is -1.28. The van der Waals surface area contributed by atoms with E-state index >= 15 is 0 Å². The van der Waals surface area contributed by atoms with Gasteiger partial charge in [0, 0.05) is 14.1 Å². The number of carbonyl (C=O) groups is 3. The van der Waals surface area contributed by atoms with Gasteiger partial charge in [-0.15, -0.1) is 0 Å². The Morgan fingerprint density at radius 2 is 1.64 bits per heavy atom. The highest BCUT2D eigenvalue weighted by Gasteiger charge is 2.16. The normalized spacial score (nSPS) is 10.0. The largest absolute Gasteiger partial charge is 0.452 e. The molecule has 0 unspecified atom stereocenters. The fraction of sp³-hybridized carbons (Fsp3) is 0.438. The molecule has 2 amide bonds. The highest BCUT2D eigenvalue weighted by molar-refractivity contribution is 5.94. The van der Waals surface area contributed by atoms with Crippen molar-refractivity contribution in [2.45, 2.75) is 20.8 Å². The SMILES string of the molecule is Cc1cc(C)c(C(=O)OCC(=O)NCC(=O)N(C)C)c(C)c1. The van der Waals surface area contributed by atoms with Crippen molar-refractivity contribution in [3.63, 3.8) is 0 Å². The van der Waals surface area contributed by atoms with E-state index in [1.165, 1.54) is 4.90 Å². The molecule has 0 aromatic heterocycles. The van der Waals surface area contributed by atoms with Gasteiger partial charge in [0.25, 0.3) is 5.91 Å². The van der Waals surface area contributed by atoms with Crippen LogP contribution in [0.5, 0.6) is 0 Å². The lowest BCUT2D eigenvalue weighted by Gasteiger charge is -2.12. The third kappa shape index (κ3) is 4.87. The molecule has 0 radical (unpaired) electrons. The van der Waals surface area contributed by atoms with E-state index in [0.717, 1.165) is 16.7 Å². The summed E-state index contributed by atoms with van der Waals surface area (Å²) in [6.07, 6.45) is 0. The van der Waals surface area contributed by atoms with E-state index in [-0.39, 0.29) is 12.5 Å². The number of nitrogens with zero attached hydrogens (tertiary/aromatic N) is 1. The molecule has 0 bridgehead atoms. The van der Waals surface area contributed by atoms with Gasteiger partial charge in [-0.3, -0.25) is 9.59 Å². The number of esters is 1. The molecule has 0 aliphatic heterocycles. The zero-order chi connectivity index (χ0) is 16.9. The maximum absolute atomic E-state index is 12.1. The maximum Gasteiger partial charge on any atom is 0.339 e. The van der Waals surface area contributed by atoms with Crippen LogP contribution in [0.3, 0.4) is 0 Å². The summed E-state index contributed by atoms with van der Waals surface area (Å²) in [6.45, 7) is 5.07. The Balaban J connectivity index is 2.57. The van der Waals surface area contributed by atoms with Crippen molar-refractivity contribution in [1.29, 1.82) is 0 Å². The number of aryl methyl sites for hydroxylation is 3. The Morgan fingerprint density at radius 1 is 1.09 bits per heavy atom. The minimum absolute atomic E-state index is 0.119. The van der Waals surface area contributed by atoms with Crippen LogP contribution in [0, 0.1) is 20.8 Å². The molecular weight excluding hydrogens is 284 g/mol. The van der Waals surface area contributed by atoms with Gasteiger partial charge in [-0.25, -0.2) is 4.79 Å². The highest BCUT2D eigenvalue weighted by atomic mass is 16.5. The van der Waals surface area contributed by atoms with Crippen LogP contribution in [-0.4, -0.2) is 49.9 Å². The second-order valence-electron chi connectivity index (χ2n) is 5.41. The molecule has 0 saturated heterocycles. The van der Waals surface area contributed by atoms with Crippen molar-refractivity contribution in [2.24, 2.45) is 0 Å². The molecule has 0 aliphatic rings. The average molecular weight is 306 g/mol. The van der Waals surface area contributed by atoms with Gasteiger partial charge in [-0.2, -0.15) is 0 Å². The second kappa shape index (κ2) is 7.59. The van der Waals surface area contributed by atoms with E-state index in [1.54, 1.807) is 14.1 Å². The number of hydrogen-bond acceptors (Lipinski definition) is 4. The predicted molar refractivity (Wildman–Crippen MR) is 82.6 cm³/mol. The molecule has 120 valence electrons. The molecule has 0 spiro atoms. The summed E-state index contributed by atoms with van der Waals surface area (Å²) in [5.41, 5.74) is 3.16. The van der Waals surface area contributed by atoms with Crippen molar-refractivity contribution >= 4 is 17.8 Å². The number of rotatable bonds is 5. The molecular formula is C16H22N2O4. The Morgan fingerprint density at radius 3 is 2.14 bits per heavy atom. The first-order chi connectivity index (χ1) is 10.2. The van der Waals surface area contributed by atoms with Crippen molar-refractivity contribution in [3.05, 3.63) is 34.4 Å². The molecule has 6 nitrogen and oxygen atoms in total. The first kappa shape index (κ1) is 17.7. The number of benzene rings is 1. The number of nitrogens with one attached hydrogen (secondary N) is 1. The zero-order valence-electron chi connectivity index (χ0n) is 13.6. The third-order valence-corrected chi connectivity index (χ3v) is 3.15. The van der Waals surface area contributed by atoms with Crippen molar-refractivity contribution in [3.8, 4) is 0 Å². The molecule has 1 N–H and O–H groups in total.